The Balaban J connectivity index is 1.89. The lowest BCUT2D eigenvalue weighted by atomic mass is 10.1. The molecule has 2 aromatic carbocycles. The van der Waals surface area contributed by atoms with Crippen LogP contribution in [0.3, 0.4) is 0 Å². The molecule has 0 aromatic heterocycles. The molecule has 0 aliphatic carbocycles. The van der Waals surface area contributed by atoms with Crippen LogP contribution in [0.1, 0.15) is 21.5 Å². The third kappa shape index (κ3) is 6.04. The fourth-order valence-electron chi connectivity index (χ4n) is 3.22. The second-order valence-corrected chi connectivity index (χ2v) is 9.22. The summed E-state index contributed by atoms with van der Waals surface area (Å²) in [5.74, 6) is -0.347. The van der Waals surface area contributed by atoms with E-state index >= 15 is 0 Å². The summed E-state index contributed by atoms with van der Waals surface area (Å²) in [5.41, 5.74) is 2.93. The van der Waals surface area contributed by atoms with Crippen molar-refractivity contribution in [3.8, 4) is 0 Å². The van der Waals surface area contributed by atoms with Gasteiger partial charge in [-0.2, -0.15) is 4.31 Å². The van der Waals surface area contributed by atoms with Gasteiger partial charge in [0.2, 0.25) is 10.0 Å². The van der Waals surface area contributed by atoms with E-state index in [4.69, 9.17) is 9.47 Å². The Labute approximate surface area is 183 Å². The zero-order valence-electron chi connectivity index (χ0n) is 17.9. The molecule has 1 aliphatic heterocycles. The molecule has 9 heteroatoms. The fourth-order valence-corrected chi connectivity index (χ4v) is 4.82. The number of aryl methyl sites for hydroxylation is 1. The molecule has 168 valence electrons. The lowest BCUT2D eigenvalue weighted by molar-refractivity contribution is 0.0730. The zero-order valence-corrected chi connectivity index (χ0v) is 18.7. The van der Waals surface area contributed by atoms with Crippen LogP contribution in [-0.4, -0.2) is 65.2 Å². The van der Waals surface area contributed by atoms with Gasteiger partial charge >= 0.3 is 0 Å². The summed E-state index contributed by atoms with van der Waals surface area (Å²) in [6.07, 6.45) is 0. The van der Waals surface area contributed by atoms with Crippen LogP contribution in [0.2, 0.25) is 0 Å². The molecule has 0 spiro atoms. The highest BCUT2D eigenvalue weighted by molar-refractivity contribution is 7.89. The average molecular weight is 448 g/mol. The summed E-state index contributed by atoms with van der Waals surface area (Å²) in [7, 11) is -2.25. The molecule has 2 aromatic rings. The van der Waals surface area contributed by atoms with Gasteiger partial charge in [-0.05, 0) is 30.7 Å². The molecule has 0 bridgehead atoms. The second kappa shape index (κ2) is 10.7. The standard InChI is InChI=1S/C22H29N3O5S/c1-17-3-5-18(6-4-17)16-24-20-8-7-19(22(26)23-9-12-29-2)15-21(20)31(27,28)25-10-13-30-14-11-25/h3-8,15,24H,9-14,16H2,1-2H3,(H,23,26). The third-order valence-corrected chi connectivity index (χ3v) is 6.97. The zero-order chi connectivity index (χ0) is 22.3. The number of hydrogen-bond acceptors (Lipinski definition) is 6. The predicted octanol–water partition coefficient (Wildman–Crippen LogP) is 2.00. The number of carbonyl (C=O) groups is 1. The molecule has 0 atom stereocenters. The molecule has 1 saturated heterocycles. The average Bonchev–Trinajstić information content (AvgIpc) is 2.79. The first-order valence-electron chi connectivity index (χ1n) is 10.2. The Morgan fingerprint density at radius 3 is 2.52 bits per heavy atom. The minimum absolute atomic E-state index is 0.0842. The van der Waals surface area contributed by atoms with Gasteiger partial charge in [-0.3, -0.25) is 4.79 Å². The van der Waals surface area contributed by atoms with Gasteiger partial charge in [-0.15, -0.1) is 0 Å². The van der Waals surface area contributed by atoms with Gasteiger partial charge < -0.3 is 20.1 Å². The van der Waals surface area contributed by atoms with Gasteiger partial charge in [0, 0.05) is 38.9 Å². The maximum absolute atomic E-state index is 13.4. The summed E-state index contributed by atoms with van der Waals surface area (Å²) in [4.78, 5) is 12.6. The quantitative estimate of drug-likeness (QED) is 0.571. The van der Waals surface area contributed by atoms with E-state index < -0.39 is 10.0 Å². The number of morpholine rings is 1. The number of anilines is 1. The van der Waals surface area contributed by atoms with Crippen molar-refractivity contribution in [3.05, 3.63) is 59.2 Å². The summed E-state index contributed by atoms with van der Waals surface area (Å²) in [5, 5.41) is 5.95. The third-order valence-electron chi connectivity index (χ3n) is 5.03. The van der Waals surface area contributed by atoms with E-state index in [0.717, 1.165) is 11.1 Å². The van der Waals surface area contributed by atoms with E-state index in [-0.39, 0.29) is 29.5 Å². The first-order chi connectivity index (χ1) is 14.9. The van der Waals surface area contributed by atoms with E-state index in [1.54, 1.807) is 19.2 Å². The van der Waals surface area contributed by atoms with Gasteiger partial charge in [0.05, 0.1) is 25.5 Å². The van der Waals surface area contributed by atoms with E-state index in [9.17, 15) is 13.2 Å². The highest BCUT2D eigenvalue weighted by atomic mass is 32.2. The molecule has 0 radical (unpaired) electrons. The predicted molar refractivity (Wildman–Crippen MR) is 119 cm³/mol. The van der Waals surface area contributed by atoms with Crippen molar-refractivity contribution in [1.29, 1.82) is 0 Å². The van der Waals surface area contributed by atoms with Crippen molar-refractivity contribution in [2.75, 3.05) is 51.9 Å². The molecule has 31 heavy (non-hydrogen) atoms. The summed E-state index contributed by atoms with van der Waals surface area (Å²) >= 11 is 0. The van der Waals surface area contributed by atoms with Gasteiger partial charge in [0.15, 0.2) is 0 Å². The first kappa shape index (κ1) is 23.2. The number of methoxy groups -OCH3 is 1. The molecule has 0 unspecified atom stereocenters. The number of nitrogens with zero attached hydrogens (tertiary/aromatic N) is 1. The Morgan fingerprint density at radius 1 is 1.13 bits per heavy atom. The van der Waals surface area contributed by atoms with Crippen molar-refractivity contribution in [2.24, 2.45) is 0 Å². The van der Waals surface area contributed by atoms with E-state index in [1.165, 1.54) is 10.4 Å². The summed E-state index contributed by atoms with van der Waals surface area (Å²) in [6.45, 7) is 4.46. The minimum Gasteiger partial charge on any atom is -0.383 e. The fraction of sp³-hybridized carbons (Fsp3) is 0.409. The van der Waals surface area contributed by atoms with Crippen LogP contribution in [0.4, 0.5) is 5.69 Å². The number of carbonyl (C=O) groups excluding carboxylic acids is 1. The first-order valence-corrected chi connectivity index (χ1v) is 11.6. The second-order valence-electron chi connectivity index (χ2n) is 7.32. The Morgan fingerprint density at radius 2 is 1.84 bits per heavy atom. The largest absolute Gasteiger partial charge is 0.383 e. The molecule has 8 nitrogen and oxygen atoms in total. The minimum atomic E-state index is -3.80. The highest BCUT2D eigenvalue weighted by Crippen LogP contribution is 2.27. The molecule has 1 aliphatic rings. The molecular formula is C22H29N3O5S. The topological polar surface area (TPSA) is 97.0 Å². The van der Waals surface area contributed by atoms with Crippen LogP contribution < -0.4 is 10.6 Å². The lowest BCUT2D eigenvalue weighted by Crippen LogP contribution is -2.41. The number of sulfonamides is 1. The van der Waals surface area contributed by atoms with Crippen molar-refractivity contribution in [2.45, 2.75) is 18.4 Å². The maximum atomic E-state index is 13.4. The number of hydrogen-bond donors (Lipinski definition) is 2. The van der Waals surface area contributed by atoms with Gasteiger partial charge in [0.1, 0.15) is 4.90 Å². The van der Waals surface area contributed by atoms with Crippen molar-refractivity contribution in [1.82, 2.24) is 9.62 Å². The maximum Gasteiger partial charge on any atom is 0.251 e. The van der Waals surface area contributed by atoms with Crippen LogP contribution in [0, 0.1) is 6.92 Å². The number of benzene rings is 2. The summed E-state index contributed by atoms with van der Waals surface area (Å²) in [6, 6.07) is 12.7. The van der Waals surface area contributed by atoms with Gasteiger partial charge in [-0.25, -0.2) is 8.42 Å². The molecule has 3 rings (SSSR count). The molecule has 1 fully saturated rings. The van der Waals surface area contributed by atoms with E-state index in [0.29, 0.717) is 38.6 Å². The number of rotatable bonds is 9. The van der Waals surface area contributed by atoms with Crippen LogP contribution >= 0.6 is 0 Å². The Kier molecular flexibility index (Phi) is 8.03. The monoisotopic (exact) mass is 447 g/mol. The molecule has 1 amide bonds. The van der Waals surface area contributed by atoms with Crippen LogP contribution in [0.25, 0.3) is 0 Å². The number of ether oxygens (including phenoxy) is 2. The highest BCUT2D eigenvalue weighted by Gasteiger charge is 2.29. The van der Waals surface area contributed by atoms with E-state index in [1.807, 2.05) is 31.2 Å². The van der Waals surface area contributed by atoms with Gasteiger partial charge in [0.25, 0.3) is 5.91 Å². The van der Waals surface area contributed by atoms with Crippen molar-refractivity contribution >= 4 is 21.6 Å². The van der Waals surface area contributed by atoms with E-state index in [2.05, 4.69) is 10.6 Å². The number of amides is 1. The van der Waals surface area contributed by atoms with Crippen molar-refractivity contribution in [3.63, 3.8) is 0 Å². The SMILES string of the molecule is COCCNC(=O)c1ccc(NCc2ccc(C)cc2)c(S(=O)(=O)N2CCOCC2)c1. The Hall–Kier alpha value is -2.46. The Bertz CT molecular complexity index is 987. The molecule has 2 N–H and O–H groups in total. The molecular weight excluding hydrogens is 418 g/mol. The van der Waals surface area contributed by atoms with Gasteiger partial charge in [-0.1, -0.05) is 29.8 Å². The van der Waals surface area contributed by atoms with Crippen LogP contribution in [0.5, 0.6) is 0 Å². The van der Waals surface area contributed by atoms with Crippen LogP contribution in [0.15, 0.2) is 47.4 Å². The number of nitrogens with one attached hydrogen (secondary N) is 2. The molecule has 0 saturated carbocycles. The normalized spacial score (nSPS) is 14.9. The molecule has 1 heterocycles. The lowest BCUT2D eigenvalue weighted by Gasteiger charge is -2.27. The van der Waals surface area contributed by atoms with Crippen molar-refractivity contribution < 1.29 is 22.7 Å². The summed E-state index contributed by atoms with van der Waals surface area (Å²) < 4.78 is 38.4. The van der Waals surface area contributed by atoms with Crippen LogP contribution in [-0.2, 0) is 26.0 Å². The smallest absolute Gasteiger partial charge is 0.251 e.